The van der Waals surface area contributed by atoms with Gasteiger partial charge in [-0.3, -0.25) is 0 Å². The first kappa shape index (κ1) is 13.4. The summed E-state index contributed by atoms with van der Waals surface area (Å²) in [7, 11) is 0. The second-order valence-corrected chi connectivity index (χ2v) is 6.35. The van der Waals surface area contributed by atoms with E-state index in [9.17, 15) is 0 Å². The number of hydrogen-bond acceptors (Lipinski definition) is 2. The minimum atomic E-state index is 0.763. The van der Waals surface area contributed by atoms with Crippen molar-refractivity contribution >= 4 is 0 Å². The first-order valence-corrected chi connectivity index (χ1v) is 7.68. The fourth-order valence-corrected chi connectivity index (χ4v) is 3.20. The molecule has 1 saturated carbocycles. The third-order valence-corrected chi connectivity index (χ3v) is 4.59. The molecule has 2 heteroatoms. The van der Waals surface area contributed by atoms with Gasteiger partial charge in [-0.05, 0) is 51.1 Å². The smallest absolute Gasteiger partial charge is 0.0117 e. The Morgan fingerprint density at radius 2 is 2.06 bits per heavy atom. The van der Waals surface area contributed by atoms with Crippen LogP contribution in [-0.4, -0.2) is 36.6 Å². The highest BCUT2D eigenvalue weighted by atomic mass is 15.2. The summed E-state index contributed by atoms with van der Waals surface area (Å²) < 4.78 is 0. The summed E-state index contributed by atoms with van der Waals surface area (Å²) in [6, 6.07) is 1.58. The van der Waals surface area contributed by atoms with E-state index in [4.69, 9.17) is 0 Å². The van der Waals surface area contributed by atoms with Crippen LogP contribution in [0.2, 0.25) is 0 Å². The van der Waals surface area contributed by atoms with Crippen molar-refractivity contribution in [1.29, 1.82) is 0 Å². The van der Waals surface area contributed by atoms with E-state index in [1.165, 1.54) is 51.7 Å². The molecule has 0 radical (unpaired) electrons. The van der Waals surface area contributed by atoms with E-state index in [0.29, 0.717) is 0 Å². The number of piperidine rings is 1. The zero-order valence-electron chi connectivity index (χ0n) is 11.9. The zero-order valence-corrected chi connectivity index (χ0v) is 11.9. The molecule has 100 valence electrons. The molecular weight excluding hydrogens is 208 g/mol. The Balaban J connectivity index is 1.73. The van der Waals surface area contributed by atoms with E-state index in [2.05, 4.69) is 31.0 Å². The van der Waals surface area contributed by atoms with Crippen LogP contribution in [0.3, 0.4) is 0 Å². The van der Waals surface area contributed by atoms with Crippen LogP contribution in [0.15, 0.2) is 0 Å². The zero-order chi connectivity index (χ0) is 12.3. The lowest BCUT2D eigenvalue weighted by molar-refractivity contribution is 0.104. The second kappa shape index (κ2) is 6.19. The molecule has 1 aliphatic carbocycles. The molecule has 1 saturated heterocycles. The molecule has 2 fully saturated rings. The molecule has 3 atom stereocenters. The van der Waals surface area contributed by atoms with Crippen LogP contribution in [0, 0.1) is 11.8 Å². The summed E-state index contributed by atoms with van der Waals surface area (Å²) in [6.07, 6.45) is 7.03. The molecule has 2 rings (SSSR count). The normalized spacial score (nSPS) is 32.6. The maximum Gasteiger partial charge on any atom is 0.0117 e. The van der Waals surface area contributed by atoms with E-state index in [1.807, 2.05) is 0 Å². The Bertz CT molecular complexity index is 225. The Hall–Kier alpha value is -0.0800. The van der Waals surface area contributed by atoms with Crippen LogP contribution < -0.4 is 5.32 Å². The van der Waals surface area contributed by atoms with Crippen molar-refractivity contribution < 1.29 is 0 Å². The summed E-state index contributed by atoms with van der Waals surface area (Å²) in [5.74, 6) is 1.88. The van der Waals surface area contributed by atoms with Gasteiger partial charge in [0.25, 0.3) is 0 Å². The van der Waals surface area contributed by atoms with Crippen molar-refractivity contribution in [2.45, 2.75) is 65.0 Å². The Kier molecular flexibility index (Phi) is 4.87. The van der Waals surface area contributed by atoms with Gasteiger partial charge in [0, 0.05) is 18.6 Å². The number of likely N-dealkylation sites (tertiary alicyclic amines) is 1. The van der Waals surface area contributed by atoms with Gasteiger partial charge >= 0.3 is 0 Å². The van der Waals surface area contributed by atoms with Gasteiger partial charge in [0.05, 0.1) is 0 Å². The van der Waals surface area contributed by atoms with Crippen molar-refractivity contribution in [3.05, 3.63) is 0 Å². The maximum absolute atomic E-state index is 3.71. The maximum atomic E-state index is 3.71. The molecule has 0 aromatic rings. The largest absolute Gasteiger partial charge is 0.314 e. The summed E-state index contributed by atoms with van der Waals surface area (Å²) in [5.41, 5.74) is 0. The van der Waals surface area contributed by atoms with E-state index < -0.39 is 0 Å². The predicted molar refractivity (Wildman–Crippen MR) is 74.2 cm³/mol. The lowest BCUT2D eigenvalue weighted by Gasteiger charge is -2.40. The van der Waals surface area contributed by atoms with Gasteiger partial charge in [-0.1, -0.05) is 26.7 Å². The van der Waals surface area contributed by atoms with Crippen LogP contribution in [0.4, 0.5) is 0 Å². The fourth-order valence-electron chi connectivity index (χ4n) is 3.20. The minimum absolute atomic E-state index is 0.763. The lowest BCUT2D eigenvalue weighted by Crippen LogP contribution is -2.51. The van der Waals surface area contributed by atoms with Gasteiger partial charge in [0.15, 0.2) is 0 Å². The van der Waals surface area contributed by atoms with Crippen LogP contribution in [-0.2, 0) is 0 Å². The van der Waals surface area contributed by atoms with E-state index in [1.54, 1.807) is 0 Å². The number of rotatable bonds is 6. The number of hydrogen-bond donors (Lipinski definition) is 1. The molecule has 1 aliphatic heterocycles. The van der Waals surface area contributed by atoms with Crippen molar-refractivity contribution in [2.24, 2.45) is 11.8 Å². The number of nitrogens with zero attached hydrogens (tertiary/aromatic N) is 1. The molecule has 1 N–H and O–H groups in total. The average molecular weight is 238 g/mol. The summed E-state index contributed by atoms with van der Waals surface area (Å²) in [4.78, 5) is 2.73. The van der Waals surface area contributed by atoms with Crippen LogP contribution in [0.1, 0.15) is 52.9 Å². The highest BCUT2D eigenvalue weighted by Crippen LogP contribution is 2.35. The first-order chi connectivity index (χ1) is 8.20. The third-order valence-electron chi connectivity index (χ3n) is 4.59. The summed E-state index contributed by atoms with van der Waals surface area (Å²) >= 11 is 0. The molecule has 1 heterocycles. The Morgan fingerprint density at radius 3 is 2.65 bits per heavy atom. The molecule has 3 unspecified atom stereocenters. The minimum Gasteiger partial charge on any atom is -0.314 e. The van der Waals surface area contributed by atoms with Crippen molar-refractivity contribution in [2.75, 3.05) is 19.6 Å². The molecule has 0 aromatic carbocycles. The Morgan fingerprint density at radius 1 is 1.29 bits per heavy atom. The Labute approximate surface area is 107 Å². The fraction of sp³-hybridized carbons (Fsp3) is 1.00. The molecule has 0 spiro atoms. The van der Waals surface area contributed by atoms with Crippen LogP contribution in [0.5, 0.6) is 0 Å². The summed E-state index contributed by atoms with van der Waals surface area (Å²) in [6.45, 7) is 10.9. The van der Waals surface area contributed by atoms with E-state index in [0.717, 1.165) is 23.9 Å². The molecule has 0 amide bonds. The van der Waals surface area contributed by atoms with Gasteiger partial charge in [-0.25, -0.2) is 0 Å². The topological polar surface area (TPSA) is 15.3 Å². The number of nitrogens with one attached hydrogen (secondary N) is 1. The van der Waals surface area contributed by atoms with Crippen molar-refractivity contribution in [3.8, 4) is 0 Å². The van der Waals surface area contributed by atoms with Crippen LogP contribution in [0.25, 0.3) is 0 Å². The van der Waals surface area contributed by atoms with Gasteiger partial charge in [0.1, 0.15) is 0 Å². The van der Waals surface area contributed by atoms with E-state index >= 15 is 0 Å². The molecular formula is C15H30N2. The molecule has 17 heavy (non-hydrogen) atoms. The highest BCUT2D eigenvalue weighted by molar-refractivity contribution is 4.87. The lowest BCUT2D eigenvalue weighted by atomic mass is 9.92. The first-order valence-electron chi connectivity index (χ1n) is 7.68. The average Bonchev–Trinajstić information content (AvgIpc) is 3.11. The predicted octanol–water partition coefficient (Wildman–Crippen LogP) is 2.89. The standard InChI is InChI=1S/C15H30N2/c1-4-8-16-15-7-9-17(11-12(15)2)13(3)10-14-5-6-14/h12-16H,4-11H2,1-3H3. The quantitative estimate of drug-likeness (QED) is 0.765. The van der Waals surface area contributed by atoms with Gasteiger partial charge in [0.2, 0.25) is 0 Å². The second-order valence-electron chi connectivity index (χ2n) is 6.35. The van der Waals surface area contributed by atoms with Crippen LogP contribution >= 0.6 is 0 Å². The third kappa shape index (κ3) is 3.96. The summed E-state index contributed by atoms with van der Waals surface area (Å²) in [5, 5.41) is 3.71. The highest BCUT2D eigenvalue weighted by Gasteiger charge is 2.31. The van der Waals surface area contributed by atoms with Crippen molar-refractivity contribution in [3.63, 3.8) is 0 Å². The van der Waals surface area contributed by atoms with Gasteiger partial charge < -0.3 is 10.2 Å². The molecule has 0 aromatic heterocycles. The molecule has 0 bridgehead atoms. The van der Waals surface area contributed by atoms with Gasteiger partial charge in [-0.2, -0.15) is 0 Å². The van der Waals surface area contributed by atoms with Crippen molar-refractivity contribution in [1.82, 2.24) is 10.2 Å². The molecule has 2 aliphatic rings. The van der Waals surface area contributed by atoms with E-state index in [-0.39, 0.29) is 0 Å². The monoisotopic (exact) mass is 238 g/mol. The van der Waals surface area contributed by atoms with Gasteiger partial charge in [-0.15, -0.1) is 0 Å². The molecule has 2 nitrogen and oxygen atoms in total. The SMILES string of the molecule is CCCNC1CCN(C(C)CC2CC2)CC1C.